The Bertz CT molecular complexity index is 689. The maximum atomic E-state index is 13.2. The van der Waals surface area contributed by atoms with Crippen LogP contribution in [0.15, 0.2) is 34.8 Å². The lowest BCUT2D eigenvalue weighted by atomic mass is 10.1. The van der Waals surface area contributed by atoms with Crippen LogP contribution in [0.5, 0.6) is 0 Å². The molecule has 2 aromatic carbocycles. The van der Waals surface area contributed by atoms with E-state index in [1.807, 2.05) is 0 Å². The van der Waals surface area contributed by atoms with Gasteiger partial charge in [-0.15, -0.1) is 0 Å². The van der Waals surface area contributed by atoms with Gasteiger partial charge in [-0.1, -0.05) is 23.2 Å². The van der Waals surface area contributed by atoms with E-state index in [1.165, 1.54) is 12.1 Å². The molecule has 0 spiro atoms. The van der Waals surface area contributed by atoms with Crippen molar-refractivity contribution in [2.45, 2.75) is 0 Å². The largest absolute Gasteiger partial charge is 0.323 e. The van der Waals surface area contributed by atoms with E-state index in [9.17, 15) is 9.18 Å². The summed E-state index contributed by atoms with van der Waals surface area (Å²) >= 11 is 14.9. The van der Waals surface area contributed by atoms with E-state index in [2.05, 4.69) is 26.7 Å². The number of nitrogens with two attached hydrogens (primary N) is 1. The summed E-state index contributed by atoms with van der Waals surface area (Å²) in [6, 6.07) is 6.91. The van der Waals surface area contributed by atoms with Crippen molar-refractivity contribution in [3.8, 4) is 0 Å². The highest BCUT2D eigenvalue weighted by Crippen LogP contribution is 2.32. The number of hydrogen-bond donors (Lipinski definition) is 3. The first kappa shape index (κ1) is 16.0. The monoisotopic (exact) mass is 391 g/mol. The molecular weight excluding hydrogens is 384 g/mol. The van der Waals surface area contributed by atoms with E-state index in [4.69, 9.17) is 29.0 Å². The Hall–Kier alpha value is -1.34. The van der Waals surface area contributed by atoms with Gasteiger partial charge in [-0.2, -0.15) is 0 Å². The second kappa shape index (κ2) is 6.62. The number of carbonyl (C=O) groups excluding carboxylic acids is 1. The average molecular weight is 393 g/mol. The first-order valence-electron chi connectivity index (χ1n) is 5.64. The quantitative estimate of drug-likeness (QED) is 0.534. The van der Waals surface area contributed by atoms with Crippen LogP contribution in [0.4, 0.5) is 15.8 Å². The second-order valence-corrected chi connectivity index (χ2v) is 5.73. The minimum absolute atomic E-state index is 0.0690. The van der Waals surface area contributed by atoms with Gasteiger partial charge >= 0.3 is 0 Å². The van der Waals surface area contributed by atoms with E-state index >= 15 is 0 Å². The SMILES string of the molecule is NNc1ccc(Cl)cc1C(=O)Nc1c(Cl)cc(F)cc1Br. The number of rotatable bonds is 3. The lowest BCUT2D eigenvalue weighted by Gasteiger charge is -2.12. The molecule has 0 atom stereocenters. The normalized spacial score (nSPS) is 10.3. The fourth-order valence-electron chi connectivity index (χ4n) is 1.67. The van der Waals surface area contributed by atoms with E-state index in [-0.39, 0.29) is 16.3 Å². The van der Waals surface area contributed by atoms with Crippen LogP contribution >= 0.6 is 39.1 Å². The Labute approximate surface area is 138 Å². The van der Waals surface area contributed by atoms with Crippen LogP contribution in [0.3, 0.4) is 0 Å². The molecule has 4 nitrogen and oxygen atoms in total. The van der Waals surface area contributed by atoms with Crippen molar-refractivity contribution in [3.05, 3.63) is 56.2 Å². The number of amides is 1. The fraction of sp³-hybridized carbons (Fsp3) is 0. The molecule has 0 fully saturated rings. The minimum Gasteiger partial charge on any atom is -0.323 e. The molecule has 0 radical (unpaired) electrons. The van der Waals surface area contributed by atoms with Gasteiger partial charge in [0, 0.05) is 9.50 Å². The molecule has 0 saturated heterocycles. The van der Waals surface area contributed by atoms with Crippen molar-refractivity contribution in [2.24, 2.45) is 5.84 Å². The molecule has 8 heteroatoms. The molecule has 1 amide bonds. The summed E-state index contributed by atoms with van der Waals surface area (Å²) in [5.41, 5.74) is 3.29. The van der Waals surface area contributed by atoms with Crippen LogP contribution in [0.2, 0.25) is 10.0 Å². The predicted molar refractivity (Wildman–Crippen MR) is 86.3 cm³/mol. The van der Waals surface area contributed by atoms with Crippen molar-refractivity contribution >= 4 is 56.4 Å². The zero-order chi connectivity index (χ0) is 15.6. The third-order valence-electron chi connectivity index (χ3n) is 2.63. The average Bonchev–Trinajstić information content (AvgIpc) is 2.42. The third kappa shape index (κ3) is 3.65. The summed E-state index contributed by atoms with van der Waals surface area (Å²) in [5.74, 6) is 4.35. The van der Waals surface area contributed by atoms with Crippen LogP contribution < -0.4 is 16.6 Å². The third-order valence-corrected chi connectivity index (χ3v) is 3.79. The van der Waals surface area contributed by atoms with E-state index < -0.39 is 11.7 Å². The topological polar surface area (TPSA) is 67.1 Å². The highest BCUT2D eigenvalue weighted by atomic mass is 79.9. The summed E-state index contributed by atoms with van der Waals surface area (Å²) in [6.45, 7) is 0. The van der Waals surface area contributed by atoms with E-state index in [0.29, 0.717) is 15.2 Å². The van der Waals surface area contributed by atoms with Gasteiger partial charge in [0.25, 0.3) is 5.91 Å². The van der Waals surface area contributed by atoms with Crippen molar-refractivity contribution in [2.75, 3.05) is 10.7 Å². The summed E-state index contributed by atoms with van der Waals surface area (Å²) in [7, 11) is 0. The zero-order valence-corrected chi connectivity index (χ0v) is 13.5. The van der Waals surface area contributed by atoms with Crippen molar-refractivity contribution in [3.63, 3.8) is 0 Å². The summed E-state index contributed by atoms with van der Waals surface area (Å²) < 4.78 is 13.5. The van der Waals surface area contributed by atoms with Gasteiger partial charge in [-0.25, -0.2) is 4.39 Å². The Morgan fingerprint density at radius 1 is 1.24 bits per heavy atom. The molecule has 0 heterocycles. The van der Waals surface area contributed by atoms with Gasteiger partial charge < -0.3 is 10.7 Å². The maximum absolute atomic E-state index is 13.2. The maximum Gasteiger partial charge on any atom is 0.257 e. The molecule has 0 unspecified atom stereocenters. The zero-order valence-electron chi connectivity index (χ0n) is 10.4. The Morgan fingerprint density at radius 2 is 1.95 bits per heavy atom. The highest BCUT2D eigenvalue weighted by Gasteiger charge is 2.16. The molecule has 0 saturated carbocycles. The van der Waals surface area contributed by atoms with Crippen molar-refractivity contribution in [1.82, 2.24) is 0 Å². The first-order valence-corrected chi connectivity index (χ1v) is 7.19. The number of benzene rings is 2. The number of anilines is 2. The van der Waals surface area contributed by atoms with Crippen LogP contribution in [-0.2, 0) is 0 Å². The lowest BCUT2D eigenvalue weighted by molar-refractivity contribution is 0.102. The van der Waals surface area contributed by atoms with Crippen molar-refractivity contribution in [1.29, 1.82) is 0 Å². The number of hydrogen-bond acceptors (Lipinski definition) is 3. The second-order valence-electron chi connectivity index (χ2n) is 4.03. The van der Waals surface area contributed by atoms with Crippen LogP contribution in [0.25, 0.3) is 0 Å². The van der Waals surface area contributed by atoms with E-state index in [0.717, 1.165) is 6.07 Å². The Morgan fingerprint density at radius 3 is 2.57 bits per heavy atom. The molecule has 0 aromatic heterocycles. The van der Waals surface area contributed by atoms with Crippen LogP contribution in [-0.4, -0.2) is 5.91 Å². The smallest absolute Gasteiger partial charge is 0.257 e. The summed E-state index contributed by atoms with van der Waals surface area (Å²) in [4.78, 5) is 12.3. The highest BCUT2D eigenvalue weighted by molar-refractivity contribution is 9.10. The van der Waals surface area contributed by atoms with E-state index in [1.54, 1.807) is 12.1 Å². The van der Waals surface area contributed by atoms with Crippen LogP contribution in [0, 0.1) is 5.82 Å². The number of nitrogens with one attached hydrogen (secondary N) is 2. The van der Waals surface area contributed by atoms with Gasteiger partial charge in [-0.05, 0) is 46.3 Å². The Kier molecular flexibility index (Phi) is 5.05. The molecule has 21 heavy (non-hydrogen) atoms. The van der Waals surface area contributed by atoms with Crippen LogP contribution in [0.1, 0.15) is 10.4 Å². The lowest BCUT2D eigenvalue weighted by Crippen LogP contribution is -2.17. The van der Waals surface area contributed by atoms with Gasteiger partial charge in [-0.3, -0.25) is 10.6 Å². The molecule has 0 aliphatic rings. The van der Waals surface area contributed by atoms with Gasteiger partial charge in [0.1, 0.15) is 5.82 Å². The molecule has 0 aliphatic carbocycles. The van der Waals surface area contributed by atoms with Gasteiger partial charge in [0.2, 0.25) is 0 Å². The number of carbonyl (C=O) groups is 1. The molecule has 0 bridgehead atoms. The number of hydrazine groups is 1. The molecule has 110 valence electrons. The molecular formula is C13H9BrCl2FN3O. The molecule has 2 rings (SSSR count). The molecule has 0 aliphatic heterocycles. The van der Waals surface area contributed by atoms with Gasteiger partial charge in [0.05, 0.1) is 22.0 Å². The first-order chi connectivity index (χ1) is 9.92. The number of halogens is 4. The standard InChI is InChI=1S/C13H9BrCl2FN3O/c14-9-4-7(17)5-10(16)12(9)19-13(21)8-3-6(15)1-2-11(8)20-18/h1-5,20H,18H2,(H,19,21). The van der Waals surface area contributed by atoms with Crippen molar-refractivity contribution < 1.29 is 9.18 Å². The summed E-state index contributed by atoms with van der Waals surface area (Å²) in [6.07, 6.45) is 0. The molecule has 2 aromatic rings. The predicted octanol–water partition coefficient (Wildman–Crippen LogP) is 4.43. The summed E-state index contributed by atoms with van der Waals surface area (Å²) in [5, 5.41) is 3.03. The van der Waals surface area contributed by atoms with Gasteiger partial charge in [0.15, 0.2) is 0 Å². The fourth-order valence-corrected chi connectivity index (χ4v) is 2.74. The number of nitrogen functional groups attached to an aromatic ring is 1. The minimum atomic E-state index is -0.517. The molecule has 4 N–H and O–H groups in total. The Balaban J connectivity index is 2.37.